The van der Waals surface area contributed by atoms with Gasteiger partial charge in [0.1, 0.15) is 0 Å². The first-order chi connectivity index (χ1) is 4.86. The Bertz CT molecular complexity index is 114. The summed E-state index contributed by atoms with van der Waals surface area (Å²) in [5, 5.41) is 0. The highest BCUT2D eigenvalue weighted by Crippen LogP contribution is 2.28. The molecule has 0 N–H and O–H groups in total. The van der Waals surface area contributed by atoms with Crippen molar-refractivity contribution in [1.82, 2.24) is 4.90 Å². The summed E-state index contributed by atoms with van der Waals surface area (Å²) in [4.78, 5) is 2.40. The average molecular weight is 141 g/mol. The zero-order valence-electron chi connectivity index (χ0n) is 6.55. The lowest BCUT2D eigenvalue weighted by Crippen LogP contribution is -2.32. The molecule has 2 heterocycles. The van der Waals surface area contributed by atoms with Gasteiger partial charge >= 0.3 is 0 Å². The van der Waals surface area contributed by atoms with Crippen molar-refractivity contribution in [3.8, 4) is 0 Å². The van der Waals surface area contributed by atoms with Crippen LogP contribution in [0.3, 0.4) is 0 Å². The second-order valence-corrected chi connectivity index (χ2v) is 3.51. The largest absolute Gasteiger partial charge is 0.373 e. The molecular formula is C8H15NO. The fourth-order valence-corrected chi connectivity index (χ4v) is 1.73. The Kier molecular flexibility index (Phi) is 1.66. The van der Waals surface area contributed by atoms with Gasteiger partial charge < -0.3 is 9.64 Å². The van der Waals surface area contributed by atoms with Crippen molar-refractivity contribution in [3.63, 3.8) is 0 Å². The third-order valence-electron chi connectivity index (χ3n) is 2.65. The number of epoxide rings is 1. The number of hydrogen-bond acceptors (Lipinski definition) is 2. The highest BCUT2D eigenvalue weighted by molar-refractivity contribution is 4.83. The third-order valence-corrected chi connectivity index (χ3v) is 2.65. The first kappa shape index (κ1) is 6.62. The Hall–Kier alpha value is -0.0800. The molecule has 2 heteroatoms. The molecule has 2 nitrogen and oxygen atoms in total. The van der Waals surface area contributed by atoms with E-state index in [1.54, 1.807) is 0 Å². The Morgan fingerprint density at radius 3 is 2.40 bits per heavy atom. The molecule has 10 heavy (non-hydrogen) atoms. The maximum absolute atomic E-state index is 5.26. The zero-order chi connectivity index (χ0) is 6.97. The maximum Gasteiger partial charge on any atom is 0.0838 e. The molecule has 0 aromatic heterocycles. The van der Waals surface area contributed by atoms with Crippen molar-refractivity contribution >= 4 is 0 Å². The van der Waals surface area contributed by atoms with E-state index in [9.17, 15) is 0 Å². The molecule has 2 aliphatic heterocycles. The lowest BCUT2D eigenvalue weighted by atomic mass is 9.94. The van der Waals surface area contributed by atoms with E-state index in [1.807, 2.05) is 0 Å². The van der Waals surface area contributed by atoms with Crippen molar-refractivity contribution < 1.29 is 4.74 Å². The zero-order valence-corrected chi connectivity index (χ0v) is 6.55. The van der Waals surface area contributed by atoms with Crippen LogP contribution in [-0.2, 0) is 4.74 Å². The van der Waals surface area contributed by atoms with Crippen LogP contribution in [0.2, 0.25) is 0 Å². The van der Waals surface area contributed by atoms with Gasteiger partial charge in [0, 0.05) is 0 Å². The second kappa shape index (κ2) is 2.51. The molecule has 0 radical (unpaired) electrons. The van der Waals surface area contributed by atoms with E-state index in [0.717, 1.165) is 12.5 Å². The normalized spacial score (nSPS) is 36.3. The van der Waals surface area contributed by atoms with E-state index in [1.165, 1.54) is 25.9 Å². The monoisotopic (exact) mass is 141 g/mol. The minimum absolute atomic E-state index is 0.647. The first-order valence-corrected chi connectivity index (χ1v) is 4.16. The lowest BCUT2D eigenvalue weighted by molar-refractivity contribution is 0.188. The summed E-state index contributed by atoms with van der Waals surface area (Å²) in [5.74, 6) is 0.885. The number of piperidine rings is 1. The molecule has 0 unspecified atom stereocenters. The van der Waals surface area contributed by atoms with Crippen LogP contribution in [0.5, 0.6) is 0 Å². The topological polar surface area (TPSA) is 15.8 Å². The molecule has 0 saturated carbocycles. The van der Waals surface area contributed by atoms with Crippen LogP contribution in [0, 0.1) is 5.92 Å². The molecule has 2 aliphatic rings. The number of ether oxygens (including phenoxy) is 1. The average Bonchev–Trinajstić information content (AvgIpc) is 2.71. The number of likely N-dealkylation sites (tertiary alicyclic amines) is 1. The van der Waals surface area contributed by atoms with Crippen LogP contribution < -0.4 is 0 Å². The van der Waals surface area contributed by atoms with Crippen molar-refractivity contribution in [2.45, 2.75) is 18.9 Å². The molecule has 0 aromatic carbocycles. The van der Waals surface area contributed by atoms with Crippen LogP contribution in [0.4, 0.5) is 0 Å². The van der Waals surface area contributed by atoms with E-state index in [-0.39, 0.29) is 0 Å². The molecule has 2 fully saturated rings. The van der Waals surface area contributed by atoms with Crippen LogP contribution in [0.1, 0.15) is 12.8 Å². The molecule has 0 amide bonds. The molecular weight excluding hydrogens is 126 g/mol. The second-order valence-electron chi connectivity index (χ2n) is 3.51. The summed E-state index contributed by atoms with van der Waals surface area (Å²) < 4.78 is 5.26. The third kappa shape index (κ3) is 1.32. The summed E-state index contributed by atoms with van der Waals surface area (Å²) in [6.07, 6.45) is 3.34. The van der Waals surface area contributed by atoms with Crippen LogP contribution in [0.15, 0.2) is 0 Å². The van der Waals surface area contributed by atoms with Gasteiger partial charge in [-0.15, -0.1) is 0 Å². The molecule has 0 aromatic rings. The van der Waals surface area contributed by atoms with Crippen LogP contribution in [0.25, 0.3) is 0 Å². The Morgan fingerprint density at radius 2 is 1.90 bits per heavy atom. The summed E-state index contributed by atoms with van der Waals surface area (Å²) >= 11 is 0. The minimum Gasteiger partial charge on any atom is -0.373 e. The number of rotatable bonds is 1. The highest BCUT2D eigenvalue weighted by Gasteiger charge is 2.33. The number of nitrogens with zero attached hydrogens (tertiary/aromatic N) is 1. The van der Waals surface area contributed by atoms with Crippen LogP contribution in [-0.4, -0.2) is 37.7 Å². The predicted octanol–water partition coefficient (Wildman–Crippen LogP) is 0.727. The SMILES string of the molecule is CN1CCC([C@H]2CO2)CC1. The standard InChI is InChI=1S/C8H15NO/c1-9-4-2-7(3-5-9)8-6-10-8/h7-8H,2-6H2,1H3/t8-/m1/s1. The Balaban J connectivity index is 1.79. The van der Waals surface area contributed by atoms with E-state index in [2.05, 4.69) is 11.9 Å². The summed E-state index contributed by atoms with van der Waals surface area (Å²) in [7, 11) is 2.20. The maximum atomic E-state index is 5.26. The molecule has 1 atom stereocenters. The van der Waals surface area contributed by atoms with Crippen molar-refractivity contribution in [1.29, 1.82) is 0 Å². The Labute approximate surface area is 62.2 Å². The van der Waals surface area contributed by atoms with E-state index in [4.69, 9.17) is 4.74 Å². The minimum atomic E-state index is 0.647. The summed E-state index contributed by atoms with van der Waals surface area (Å²) in [6.45, 7) is 3.57. The first-order valence-electron chi connectivity index (χ1n) is 4.16. The van der Waals surface area contributed by atoms with Gasteiger partial charge in [-0.2, -0.15) is 0 Å². The van der Waals surface area contributed by atoms with Gasteiger partial charge in [-0.1, -0.05) is 0 Å². The van der Waals surface area contributed by atoms with Gasteiger partial charge in [-0.25, -0.2) is 0 Å². The molecule has 2 rings (SSSR count). The molecule has 2 saturated heterocycles. The quantitative estimate of drug-likeness (QED) is 0.500. The van der Waals surface area contributed by atoms with Gasteiger partial charge in [-0.05, 0) is 38.9 Å². The van der Waals surface area contributed by atoms with E-state index < -0.39 is 0 Å². The lowest BCUT2D eigenvalue weighted by Gasteiger charge is -2.27. The predicted molar refractivity (Wildman–Crippen MR) is 40.0 cm³/mol. The number of hydrogen-bond donors (Lipinski definition) is 0. The van der Waals surface area contributed by atoms with Gasteiger partial charge in [0.2, 0.25) is 0 Å². The van der Waals surface area contributed by atoms with Gasteiger partial charge in [0.25, 0.3) is 0 Å². The van der Waals surface area contributed by atoms with Crippen LogP contribution >= 0.6 is 0 Å². The molecule has 58 valence electrons. The van der Waals surface area contributed by atoms with Gasteiger partial charge in [0.15, 0.2) is 0 Å². The molecule has 0 spiro atoms. The van der Waals surface area contributed by atoms with E-state index in [0.29, 0.717) is 6.10 Å². The Morgan fingerprint density at radius 1 is 1.30 bits per heavy atom. The fourth-order valence-electron chi connectivity index (χ4n) is 1.73. The van der Waals surface area contributed by atoms with Crippen molar-refractivity contribution in [2.24, 2.45) is 5.92 Å². The molecule has 0 aliphatic carbocycles. The summed E-state index contributed by atoms with van der Waals surface area (Å²) in [5.41, 5.74) is 0. The smallest absolute Gasteiger partial charge is 0.0838 e. The van der Waals surface area contributed by atoms with Crippen molar-refractivity contribution in [3.05, 3.63) is 0 Å². The van der Waals surface area contributed by atoms with Crippen molar-refractivity contribution in [2.75, 3.05) is 26.7 Å². The van der Waals surface area contributed by atoms with E-state index >= 15 is 0 Å². The fraction of sp³-hybridized carbons (Fsp3) is 1.00. The highest BCUT2D eigenvalue weighted by atomic mass is 16.6. The molecule has 0 bridgehead atoms. The van der Waals surface area contributed by atoms with Gasteiger partial charge in [0.05, 0.1) is 12.7 Å². The van der Waals surface area contributed by atoms with Gasteiger partial charge in [-0.3, -0.25) is 0 Å². The summed E-state index contributed by atoms with van der Waals surface area (Å²) in [6, 6.07) is 0.